The highest BCUT2D eigenvalue weighted by Gasteiger charge is 2.06. The maximum atomic E-state index is 12.2. The minimum atomic E-state index is -0.539. The van der Waals surface area contributed by atoms with Crippen molar-refractivity contribution in [2.75, 3.05) is 23.8 Å². The van der Waals surface area contributed by atoms with Gasteiger partial charge in [0.05, 0.1) is 13.2 Å². The lowest BCUT2D eigenvalue weighted by Gasteiger charge is -2.11. The maximum Gasteiger partial charge on any atom is 0.248 e. The molecule has 0 aromatic heterocycles. The van der Waals surface area contributed by atoms with Crippen LogP contribution in [0.15, 0.2) is 78.9 Å². The van der Waals surface area contributed by atoms with Crippen LogP contribution in [0.4, 0.5) is 11.4 Å². The molecule has 0 fully saturated rings. The van der Waals surface area contributed by atoms with Crippen molar-refractivity contribution in [1.82, 2.24) is 0 Å². The van der Waals surface area contributed by atoms with Gasteiger partial charge in [0, 0.05) is 29.4 Å². The minimum absolute atomic E-state index is 0.0776. The van der Waals surface area contributed by atoms with Crippen LogP contribution in [0.1, 0.15) is 15.9 Å². The average molecular weight is 389 g/mol. The number of amides is 2. The third kappa shape index (κ3) is 6.39. The number of hydrogen-bond donors (Lipinski definition) is 3. The molecule has 0 aliphatic carbocycles. The molecule has 3 aromatic rings. The number of benzene rings is 3. The number of carbonyl (C=O) groups excluding carboxylic acids is 2. The van der Waals surface area contributed by atoms with Crippen LogP contribution in [0.2, 0.25) is 0 Å². The molecule has 0 radical (unpaired) electrons. The van der Waals surface area contributed by atoms with Crippen LogP contribution in [-0.2, 0) is 11.2 Å². The van der Waals surface area contributed by atoms with Crippen molar-refractivity contribution < 1.29 is 14.3 Å². The highest BCUT2D eigenvalue weighted by molar-refractivity contribution is 5.97. The molecular weight excluding hydrogens is 366 g/mol. The second-order valence-corrected chi connectivity index (χ2v) is 6.46. The first kappa shape index (κ1) is 19.9. The number of primary amides is 1. The summed E-state index contributed by atoms with van der Waals surface area (Å²) in [4.78, 5) is 23.4. The van der Waals surface area contributed by atoms with Crippen molar-refractivity contribution in [1.29, 1.82) is 0 Å². The monoisotopic (exact) mass is 389 g/mol. The Bertz CT molecular complexity index is 974. The van der Waals surface area contributed by atoms with Gasteiger partial charge >= 0.3 is 0 Å². The summed E-state index contributed by atoms with van der Waals surface area (Å²) in [7, 11) is 0. The molecule has 0 saturated carbocycles. The normalized spacial score (nSPS) is 10.2. The van der Waals surface area contributed by atoms with Crippen LogP contribution in [0, 0.1) is 0 Å². The van der Waals surface area contributed by atoms with Crippen molar-refractivity contribution in [3.63, 3.8) is 0 Å². The van der Waals surface area contributed by atoms with Crippen LogP contribution in [0.25, 0.3) is 0 Å². The predicted molar refractivity (Wildman–Crippen MR) is 114 cm³/mol. The smallest absolute Gasteiger partial charge is 0.248 e. The van der Waals surface area contributed by atoms with E-state index < -0.39 is 5.91 Å². The first-order valence-corrected chi connectivity index (χ1v) is 9.30. The van der Waals surface area contributed by atoms with Gasteiger partial charge in [-0.3, -0.25) is 9.59 Å². The van der Waals surface area contributed by atoms with Crippen LogP contribution in [0.5, 0.6) is 5.75 Å². The number of ether oxygens (including phenoxy) is 1. The Morgan fingerprint density at radius 1 is 0.862 bits per heavy atom. The average Bonchev–Trinajstić information content (AvgIpc) is 2.73. The van der Waals surface area contributed by atoms with E-state index in [1.54, 1.807) is 24.3 Å². The van der Waals surface area contributed by atoms with Crippen molar-refractivity contribution in [2.45, 2.75) is 6.42 Å². The molecule has 0 aliphatic rings. The summed E-state index contributed by atoms with van der Waals surface area (Å²) in [6.45, 7) is 0.651. The van der Waals surface area contributed by atoms with Gasteiger partial charge in [0.25, 0.3) is 0 Å². The first-order valence-electron chi connectivity index (χ1n) is 9.30. The molecule has 0 unspecified atom stereocenters. The van der Waals surface area contributed by atoms with E-state index in [1.807, 2.05) is 42.5 Å². The molecule has 0 atom stereocenters. The third-order valence-corrected chi connectivity index (χ3v) is 4.22. The van der Waals surface area contributed by atoms with Gasteiger partial charge in [-0.2, -0.15) is 0 Å². The van der Waals surface area contributed by atoms with Crippen LogP contribution >= 0.6 is 0 Å². The van der Waals surface area contributed by atoms with Gasteiger partial charge in [0.15, 0.2) is 0 Å². The molecule has 2 amide bonds. The van der Waals surface area contributed by atoms with Gasteiger partial charge in [-0.15, -0.1) is 0 Å². The van der Waals surface area contributed by atoms with Crippen LogP contribution < -0.4 is 21.1 Å². The van der Waals surface area contributed by atoms with Crippen LogP contribution in [-0.4, -0.2) is 25.0 Å². The zero-order chi connectivity index (χ0) is 20.5. The summed E-state index contributed by atoms with van der Waals surface area (Å²) >= 11 is 0. The molecule has 0 heterocycles. The number of hydrogen-bond acceptors (Lipinski definition) is 4. The Morgan fingerprint density at radius 2 is 1.62 bits per heavy atom. The van der Waals surface area contributed by atoms with Gasteiger partial charge < -0.3 is 21.1 Å². The first-order chi connectivity index (χ1) is 14.1. The fourth-order valence-electron chi connectivity index (χ4n) is 2.76. The third-order valence-electron chi connectivity index (χ3n) is 4.22. The van der Waals surface area contributed by atoms with Crippen LogP contribution in [0.3, 0.4) is 0 Å². The van der Waals surface area contributed by atoms with Gasteiger partial charge in [-0.1, -0.05) is 42.5 Å². The van der Waals surface area contributed by atoms with Gasteiger partial charge in [0.2, 0.25) is 11.8 Å². The molecule has 29 heavy (non-hydrogen) atoms. The predicted octanol–water partition coefficient (Wildman–Crippen LogP) is 3.46. The van der Waals surface area contributed by atoms with E-state index in [0.717, 1.165) is 17.9 Å². The van der Waals surface area contributed by atoms with E-state index in [4.69, 9.17) is 10.5 Å². The lowest BCUT2D eigenvalue weighted by molar-refractivity contribution is -0.114. The zero-order valence-electron chi connectivity index (χ0n) is 15.9. The Labute approximate surface area is 169 Å². The molecule has 0 aliphatic heterocycles. The largest absolute Gasteiger partial charge is 0.493 e. The molecule has 3 aromatic carbocycles. The fourth-order valence-corrected chi connectivity index (χ4v) is 2.76. The Morgan fingerprint density at radius 3 is 2.41 bits per heavy atom. The van der Waals surface area contributed by atoms with Gasteiger partial charge in [-0.25, -0.2) is 0 Å². The summed E-state index contributed by atoms with van der Waals surface area (Å²) in [6, 6.07) is 24.1. The second kappa shape index (κ2) is 9.94. The molecule has 148 valence electrons. The fraction of sp³-hybridized carbons (Fsp3) is 0.130. The molecule has 0 saturated heterocycles. The highest BCUT2D eigenvalue weighted by atomic mass is 16.5. The minimum Gasteiger partial charge on any atom is -0.493 e. The molecular formula is C23H23N3O3. The molecule has 6 heteroatoms. The lowest BCUT2D eigenvalue weighted by atomic mass is 10.2. The van der Waals surface area contributed by atoms with Crippen molar-refractivity contribution in [2.24, 2.45) is 5.73 Å². The van der Waals surface area contributed by atoms with E-state index in [9.17, 15) is 9.59 Å². The Kier molecular flexibility index (Phi) is 6.84. The van der Waals surface area contributed by atoms with Gasteiger partial charge in [-0.05, 0) is 35.9 Å². The molecule has 6 nitrogen and oxygen atoms in total. The summed E-state index contributed by atoms with van der Waals surface area (Å²) < 4.78 is 5.80. The van der Waals surface area contributed by atoms with E-state index >= 15 is 0 Å². The topological polar surface area (TPSA) is 93.5 Å². The summed E-state index contributed by atoms with van der Waals surface area (Å²) in [5, 5.41) is 5.80. The summed E-state index contributed by atoms with van der Waals surface area (Å²) in [6.07, 6.45) is 0.825. The number of nitrogens with one attached hydrogen (secondary N) is 2. The van der Waals surface area contributed by atoms with E-state index in [-0.39, 0.29) is 12.5 Å². The lowest BCUT2D eigenvalue weighted by Crippen LogP contribution is -2.22. The highest BCUT2D eigenvalue weighted by Crippen LogP contribution is 2.18. The van der Waals surface area contributed by atoms with Crippen molar-refractivity contribution in [3.8, 4) is 5.75 Å². The summed E-state index contributed by atoms with van der Waals surface area (Å²) in [5.74, 6) is -0.0363. The van der Waals surface area contributed by atoms with Crippen molar-refractivity contribution in [3.05, 3.63) is 90.0 Å². The molecule has 0 bridgehead atoms. The molecule has 0 spiro atoms. The second-order valence-electron chi connectivity index (χ2n) is 6.46. The Balaban J connectivity index is 1.48. The van der Waals surface area contributed by atoms with E-state index in [0.29, 0.717) is 17.9 Å². The van der Waals surface area contributed by atoms with E-state index in [2.05, 4.69) is 22.8 Å². The van der Waals surface area contributed by atoms with Crippen molar-refractivity contribution >= 4 is 23.2 Å². The number of rotatable bonds is 9. The zero-order valence-corrected chi connectivity index (χ0v) is 15.9. The number of nitrogens with two attached hydrogens (primary N) is 1. The SMILES string of the molecule is NC(=O)c1cccc(NC(=O)CNc2cccc(OCCc3ccccc3)c2)c1. The Hall–Kier alpha value is -3.80. The quantitative estimate of drug-likeness (QED) is 0.522. The van der Waals surface area contributed by atoms with E-state index in [1.165, 1.54) is 5.56 Å². The maximum absolute atomic E-state index is 12.2. The summed E-state index contributed by atoms with van der Waals surface area (Å²) in [5.41, 5.74) is 8.12. The standard InChI is InChI=1S/C23H23N3O3/c24-23(28)18-8-4-10-20(14-18)26-22(27)16-25-19-9-5-11-21(15-19)29-13-12-17-6-2-1-3-7-17/h1-11,14-15,25H,12-13,16H2,(H2,24,28)(H,26,27). The van der Waals surface area contributed by atoms with Gasteiger partial charge in [0.1, 0.15) is 5.75 Å². The molecule has 4 N–H and O–H groups in total. The number of carbonyl (C=O) groups is 2. The number of anilines is 2. The molecule has 3 rings (SSSR count).